The van der Waals surface area contributed by atoms with Crippen molar-refractivity contribution >= 4 is 5.91 Å². The maximum absolute atomic E-state index is 11.5. The molecule has 0 fully saturated rings. The predicted octanol–water partition coefficient (Wildman–Crippen LogP) is 5.22. The number of primary amides is 1. The lowest BCUT2D eigenvalue weighted by atomic mass is 9.92. The highest BCUT2D eigenvalue weighted by Gasteiger charge is 2.23. The Labute approximate surface area is 192 Å². The number of rotatable bonds is 9. The molecule has 0 radical (unpaired) electrons. The van der Waals surface area contributed by atoms with Gasteiger partial charge in [0.15, 0.2) is 0 Å². The van der Waals surface area contributed by atoms with E-state index in [1.54, 1.807) is 5.56 Å². The lowest BCUT2D eigenvalue weighted by molar-refractivity contribution is 0.100. The van der Waals surface area contributed by atoms with Gasteiger partial charge in [0, 0.05) is 29.2 Å². The van der Waals surface area contributed by atoms with Gasteiger partial charge in [-0.25, -0.2) is 0 Å². The Balaban J connectivity index is 1.52. The van der Waals surface area contributed by atoms with Gasteiger partial charge in [-0.1, -0.05) is 37.3 Å². The monoisotopic (exact) mass is 429 g/mol. The highest BCUT2D eigenvalue weighted by molar-refractivity contribution is 5.92. The molecule has 4 nitrogen and oxygen atoms in total. The Hall–Kier alpha value is -2.85. The molecule has 1 aliphatic rings. The third kappa shape index (κ3) is 4.81. The SMILES string of the molecule is CCN(CCCc1c2c(n(-c3ccc(C(N)=O)cc3)c1C)CCCC2)Cc1ccccc1. The first kappa shape index (κ1) is 22.3. The molecule has 2 N–H and O–H groups in total. The number of amides is 1. The van der Waals surface area contributed by atoms with Crippen LogP contribution in [0, 0.1) is 6.92 Å². The van der Waals surface area contributed by atoms with Gasteiger partial charge in [0.25, 0.3) is 0 Å². The second-order valence-corrected chi connectivity index (χ2v) is 8.90. The first-order chi connectivity index (χ1) is 15.6. The molecule has 3 aromatic rings. The summed E-state index contributed by atoms with van der Waals surface area (Å²) in [6.45, 7) is 7.71. The molecular formula is C28H35N3O. The highest BCUT2D eigenvalue weighted by Crippen LogP contribution is 2.33. The summed E-state index contributed by atoms with van der Waals surface area (Å²) in [4.78, 5) is 14.0. The van der Waals surface area contributed by atoms with Crippen molar-refractivity contribution < 1.29 is 4.79 Å². The summed E-state index contributed by atoms with van der Waals surface area (Å²) in [5, 5.41) is 0. The van der Waals surface area contributed by atoms with Gasteiger partial charge in [0.05, 0.1) is 0 Å². The number of hydrogen-bond acceptors (Lipinski definition) is 2. The zero-order valence-electron chi connectivity index (χ0n) is 19.4. The third-order valence-electron chi connectivity index (χ3n) is 6.85. The number of benzene rings is 2. The van der Waals surface area contributed by atoms with E-state index in [1.165, 1.54) is 48.2 Å². The van der Waals surface area contributed by atoms with E-state index in [0.29, 0.717) is 5.56 Å². The van der Waals surface area contributed by atoms with Crippen LogP contribution in [0.3, 0.4) is 0 Å². The van der Waals surface area contributed by atoms with Gasteiger partial charge in [-0.15, -0.1) is 0 Å². The Bertz CT molecular complexity index is 1050. The number of aromatic nitrogens is 1. The normalized spacial score (nSPS) is 13.3. The van der Waals surface area contributed by atoms with Crippen LogP contribution in [0.2, 0.25) is 0 Å². The Morgan fingerprint density at radius 3 is 2.44 bits per heavy atom. The minimum Gasteiger partial charge on any atom is -0.366 e. The topological polar surface area (TPSA) is 51.3 Å². The zero-order chi connectivity index (χ0) is 22.5. The molecule has 168 valence electrons. The van der Waals surface area contributed by atoms with E-state index >= 15 is 0 Å². The molecule has 1 heterocycles. The molecule has 1 amide bonds. The van der Waals surface area contributed by atoms with Gasteiger partial charge in [0.1, 0.15) is 0 Å². The van der Waals surface area contributed by atoms with Crippen LogP contribution in [0.5, 0.6) is 0 Å². The summed E-state index contributed by atoms with van der Waals surface area (Å²) < 4.78 is 2.43. The fourth-order valence-corrected chi connectivity index (χ4v) is 5.14. The summed E-state index contributed by atoms with van der Waals surface area (Å²) in [7, 11) is 0. The molecule has 0 spiro atoms. The number of fused-ring (bicyclic) bond motifs is 1. The lowest BCUT2D eigenvalue weighted by Crippen LogP contribution is -2.24. The van der Waals surface area contributed by atoms with Crippen molar-refractivity contribution in [2.45, 2.75) is 58.9 Å². The molecule has 0 bridgehead atoms. The molecule has 1 aromatic heterocycles. The van der Waals surface area contributed by atoms with E-state index in [4.69, 9.17) is 5.73 Å². The van der Waals surface area contributed by atoms with Crippen molar-refractivity contribution in [3.05, 3.63) is 88.2 Å². The predicted molar refractivity (Wildman–Crippen MR) is 131 cm³/mol. The first-order valence-corrected chi connectivity index (χ1v) is 12.0. The molecule has 32 heavy (non-hydrogen) atoms. The van der Waals surface area contributed by atoms with E-state index in [-0.39, 0.29) is 5.91 Å². The Morgan fingerprint density at radius 1 is 1.03 bits per heavy atom. The molecule has 0 aliphatic heterocycles. The lowest BCUT2D eigenvalue weighted by Gasteiger charge is -2.21. The van der Waals surface area contributed by atoms with Crippen molar-refractivity contribution in [2.24, 2.45) is 5.73 Å². The fraction of sp³-hybridized carbons (Fsp3) is 0.393. The molecule has 4 heteroatoms. The van der Waals surface area contributed by atoms with Crippen molar-refractivity contribution in [2.75, 3.05) is 13.1 Å². The summed E-state index contributed by atoms with van der Waals surface area (Å²) in [5.41, 5.74) is 14.4. The van der Waals surface area contributed by atoms with Gasteiger partial charge in [-0.2, -0.15) is 0 Å². The van der Waals surface area contributed by atoms with Crippen LogP contribution in [0.15, 0.2) is 54.6 Å². The molecule has 2 aromatic carbocycles. The van der Waals surface area contributed by atoms with E-state index in [0.717, 1.165) is 38.2 Å². The molecule has 0 unspecified atom stereocenters. The quantitative estimate of drug-likeness (QED) is 0.507. The second kappa shape index (κ2) is 10.2. The first-order valence-electron chi connectivity index (χ1n) is 12.0. The van der Waals surface area contributed by atoms with Crippen molar-refractivity contribution in [3.63, 3.8) is 0 Å². The minimum atomic E-state index is -0.375. The highest BCUT2D eigenvalue weighted by atomic mass is 16.1. The van der Waals surface area contributed by atoms with Crippen LogP contribution in [-0.2, 0) is 25.8 Å². The van der Waals surface area contributed by atoms with Crippen molar-refractivity contribution in [1.82, 2.24) is 9.47 Å². The average molecular weight is 430 g/mol. The van der Waals surface area contributed by atoms with Gasteiger partial charge in [0.2, 0.25) is 5.91 Å². The van der Waals surface area contributed by atoms with Crippen LogP contribution < -0.4 is 5.73 Å². The van der Waals surface area contributed by atoms with Gasteiger partial charge in [-0.3, -0.25) is 9.69 Å². The van der Waals surface area contributed by atoms with Gasteiger partial charge < -0.3 is 10.3 Å². The smallest absolute Gasteiger partial charge is 0.248 e. The fourth-order valence-electron chi connectivity index (χ4n) is 5.14. The number of nitrogens with zero attached hydrogens (tertiary/aromatic N) is 2. The summed E-state index contributed by atoms with van der Waals surface area (Å²) >= 11 is 0. The third-order valence-corrected chi connectivity index (χ3v) is 6.85. The maximum atomic E-state index is 11.5. The van der Waals surface area contributed by atoms with Gasteiger partial charge in [-0.05, 0) is 99.5 Å². The number of carbonyl (C=O) groups excluding carboxylic acids is 1. The summed E-state index contributed by atoms with van der Waals surface area (Å²) in [5.74, 6) is -0.375. The molecule has 1 aliphatic carbocycles. The van der Waals surface area contributed by atoms with Crippen LogP contribution in [0.25, 0.3) is 5.69 Å². The molecular weight excluding hydrogens is 394 g/mol. The standard InChI is InChI=1S/C28H35N3O/c1-3-30(20-22-10-5-4-6-11-22)19-9-13-25-21(2)31(27-14-8-7-12-26(25)27)24-17-15-23(16-18-24)28(29)32/h4-6,10-11,15-18H,3,7-9,12-14,19-20H2,1-2H3,(H2,29,32). The Morgan fingerprint density at radius 2 is 1.75 bits per heavy atom. The van der Waals surface area contributed by atoms with Crippen molar-refractivity contribution in [1.29, 1.82) is 0 Å². The average Bonchev–Trinajstić information content (AvgIpc) is 3.10. The molecule has 0 atom stereocenters. The zero-order valence-corrected chi connectivity index (χ0v) is 19.4. The van der Waals surface area contributed by atoms with E-state index in [2.05, 4.69) is 53.6 Å². The Kier molecular flexibility index (Phi) is 7.11. The van der Waals surface area contributed by atoms with Crippen LogP contribution >= 0.6 is 0 Å². The number of carbonyl (C=O) groups is 1. The largest absolute Gasteiger partial charge is 0.366 e. The minimum absolute atomic E-state index is 0.375. The summed E-state index contributed by atoms with van der Waals surface area (Å²) in [6, 6.07) is 18.5. The molecule has 4 rings (SSSR count). The second-order valence-electron chi connectivity index (χ2n) is 8.90. The summed E-state index contributed by atoms with van der Waals surface area (Å²) in [6.07, 6.45) is 7.11. The van der Waals surface area contributed by atoms with Crippen molar-refractivity contribution in [3.8, 4) is 5.69 Å². The molecule has 0 saturated heterocycles. The van der Waals surface area contributed by atoms with Crippen LogP contribution in [0.4, 0.5) is 0 Å². The van der Waals surface area contributed by atoms with Crippen LogP contribution in [0.1, 0.15) is 64.6 Å². The maximum Gasteiger partial charge on any atom is 0.248 e. The van der Waals surface area contributed by atoms with E-state index < -0.39 is 0 Å². The van der Waals surface area contributed by atoms with Gasteiger partial charge >= 0.3 is 0 Å². The molecule has 0 saturated carbocycles. The number of nitrogens with two attached hydrogens (primary N) is 1. The van der Waals surface area contributed by atoms with E-state index in [9.17, 15) is 4.79 Å². The van der Waals surface area contributed by atoms with Crippen LogP contribution in [-0.4, -0.2) is 28.5 Å². The van der Waals surface area contributed by atoms with E-state index in [1.807, 2.05) is 24.3 Å². The number of hydrogen-bond donors (Lipinski definition) is 1.